The average Bonchev–Trinajstić information content (AvgIpc) is 3.48. The van der Waals surface area contributed by atoms with E-state index in [1.54, 1.807) is 6.07 Å². The Balaban J connectivity index is 1.41. The molecule has 2 aromatic carbocycles. The summed E-state index contributed by atoms with van der Waals surface area (Å²) in [5.74, 6) is -0.383. The molecule has 1 atom stereocenters. The number of amides is 2. The molecule has 3 N–H and O–H groups in total. The van der Waals surface area contributed by atoms with E-state index in [1.165, 1.54) is 28.0 Å². The molecule has 0 radical (unpaired) electrons. The number of nitrogens with one attached hydrogen (secondary N) is 3. The molecule has 33 heavy (non-hydrogen) atoms. The van der Waals surface area contributed by atoms with Gasteiger partial charge in [0.05, 0.1) is 4.88 Å². The number of H-pyrrole nitrogens is 1. The zero-order valence-electron chi connectivity index (χ0n) is 19.0. The lowest BCUT2D eigenvalue weighted by Gasteiger charge is -2.18. The summed E-state index contributed by atoms with van der Waals surface area (Å²) in [5.41, 5.74) is 5.86. The van der Waals surface area contributed by atoms with Crippen molar-refractivity contribution in [2.45, 2.75) is 39.2 Å². The van der Waals surface area contributed by atoms with E-state index in [4.69, 9.17) is 0 Å². The van der Waals surface area contributed by atoms with Gasteiger partial charge in [-0.1, -0.05) is 48.0 Å². The van der Waals surface area contributed by atoms with Crippen LogP contribution in [0.1, 0.15) is 38.3 Å². The first-order valence-electron chi connectivity index (χ1n) is 11.2. The third-order valence-corrected chi connectivity index (χ3v) is 6.75. The summed E-state index contributed by atoms with van der Waals surface area (Å²) in [6.07, 6.45) is 4.09. The number of carbonyl (C=O) groups excluding carboxylic acids is 2. The molecule has 0 unspecified atom stereocenters. The zero-order chi connectivity index (χ0) is 23.2. The van der Waals surface area contributed by atoms with Crippen LogP contribution < -0.4 is 10.6 Å². The maximum absolute atomic E-state index is 13.1. The molecular formula is C27H29N3O2S. The molecule has 2 amide bonds. The second-order valence-electron chi connectivity index (χ2n) is 8.39. The fourth-order valence-electron chi connectivity index (χ4n) is 4.11. The number of aromatic nitrogens is 1. The van der Waals surface area contributed by atoms with Crippen molar-refractivity contribution >= 4 is 34.1 Å². The quantitative estimate of drug-likeness (QED) is 0.310. The molecular weight excluding hydrogens is 430 g/mol. The van der Waals surface area contributed by atoms with Gasteiger partial charge in [0.25, 0.3) is 5.91 Å². The topological polar surface area (TPSA) is 74.0 Å². The summed E-state index contributed by atoms with van der Waals surface area (Å²) in [5, 5.41) is 8.90. The first-order chi connectivity index (χ1) is 16.0. The molecule has 2 heterocycles. The van der Waals surface area contributed by atoms with Crippen molar-refractivity contribution in [1.82, 2.24) is 15.6 Å². The van der Waals surface area contributed by atoms with Crippen LogP contribution in [0.15, 0.2) is 66.2 Å². The lowest BCUT2D eigenvalue weighted by Crippen LogP contribution is -2.48. The van der Waals surface area contributed by atoms with Crippen molar-refractivity contribution in [3.05, 3.63) is 93.3 Å². The van der Waals surface area contributed by atoms with Gasteiger partial charge in [-0.15, -0.1) is 11.3 Å². The van der Waals surface area contributed by atoms with Crippen molar-refractivity contribution in [2.75, 3.05) is 6.54 Å². The molecule has 0 aliphatic rings. The second-order valence-corrected chi connectivity index (χ2v) is 9.34. The minimum Gasteiger partial charge on any atom is -0.361 e. The number of hydrogen-bond donors (Lipinski definition) is 3. The smallest absolute Gasteiger partial charge is 0.262 e. The normalized spacial score (nSPS) is 11.9. The van der Waals surface area contributed by atoms with E-state index in [9.17, 15) is 9.59 Å². The standard InChI is InChI=1S/C27H29N3O2S/c1-18-11-12-20(19(2)15-18)7-5-13-28-26(31)24(30-27(32)25-10-6-14-33-25)16-21-17-29-23-9-4-3-8-22(21)23/h3-4,6,8-12,14-15,17,24,29H,5,7,13,16H2,1-2H3,(H,28,31)(H,30,32)/t24-/m0/s1. The van der Waals surface area contributed by atoms with Crippen molar-refractivity contribution in [3.8, 4) is 0 Å². The highest BCUT2D eigenvalue weighted by molar-refractivity contribution is 7.12. The largest absolute Gasteiger partial charge is 0.361 e. The van der Waals surface area contributed by atoms with Crippen molar-refractivity contribution in [2.24, 2.45) is 0 Å². The van der Waals surface area contributed by atoms with Gasteiger partial charge in [-0.05, 0) is 60.9 Å². The molecule has 4 aromatic rings. The first kappa shape index (κ1) is 22.8. The molecule has 170 valence electrons. The molecule has 0 aliphatic carbocycles. The molecule has 2 aromatic heterocycles. The Labute approximate surface area is 198 Å². The molecule has 0 aliphatic heterocycles. The van der Waals surface area contributed by atoms with Gasteiger partial charge >= 0.3 is 0 Å². The van der Waals surface area contributed by atoms with E-state index < -0.39 is 6.04 Å². The predicted molar refractivity (Wildman–Crippen MR) is 135 cm³/mol. The van der Waals surface area contributed by atoms with E-state index >= 15 is 0 Å². The summed E-state index contributed by atoms with van der Waals surface area (Å²) < 4.78 is 0. The van der Waals surface area contributed by atoms with Gasteiger partial charge in [0.2, 0.25) is 5.91 Å². The average molecular weight is 460 g/mol. The fraction of sp³-hybridized carbons (Fsp3) is 0.259. The SMILES string of the molecule is Cc1ccc(CCCNC(=O)[C@H](Cc2c[nH]c3ccccc23)NC(=O)c2cccs2)c(C)c1. The third-order valence-electron chi connectivity index (χ3n) is 5.89. The molecule has 6 heteroatoms. The number of aryl methyl sites for hydroxylation is 3. The number of aromatic amines is 1. The highest BCUT2D eigenvalue weighted by Crippen LogP contribution is 2.20. The van der Waals surface area contributed by atoms with Gasteiger partial charge in [0.15, 0.2) is 0 Å². The van der Waals surface area contributed by atoms with Crippen LogP contribution >= 0.6 is 11.3 Å². The molecule has 4 rings (SSSR count). The van der Waals surface area contributed by atoms with Gasteiger partial charge in [0, 0.05) is 30.1 Å². The van der Waals surface area contributed by atoms with Crippen molar-refractivity contribution in [1.29, 1.82) is 0 Å². The Morgan fingerprint density at radius 3 is 2.67 bits per heavy atom. The van der Waals surface area contributed by atoms with Gasteiger partial charge in [-0.3, -0.25) is 9.59 Å². The van der Waals surface area contributed by atoms with Crippen LogP contribution in [0.2, 0.25) is 0 Å². The van der Waals surface area contributed by atoms with Gasteiger partial charge in [0.1, 0.15) is 6.04 Å². The van der Waals surface area contributed by atoms with Crippen LogP contribution in [0.3, 0.4) is 0 Å². The van der Waals surface area contributed by atoms with Crippen LogP contribution in [0.25, 0.3) is 10.9 Å². The molecule has 0 fully saturated rings. The monoisotopic (exact) mass is 459 g/mol. The predicted octanol–water partition coefficient (Wildman–Crippen LogP) is 4.94. The molecule has 5 nitrogen and oxygen atoms in total. The van der Waals surface area contributed by atoms with E-state index in [2.05, 4.69) is 47.7 Å². The Bertz CT molecular complexity index is 1240. The second kappa shape index (κ2) is 10.5. The van der Waals surface area contributed by atoms with E-state index in [-0.39, 0.29) is 11.8 Å². The van der Waals surface area contributed by atoms with Gasteiger partial charge < -0.3 is 15.6 Å². The highest BCUT2D eigenvalue weighted by Gasteiger charge is 2.23. The Morgan fingerprint density at radius 2 is 1.88 bits per heavy atom. The minimum absolute atomic E-state index is 0.161. The van der Waals surface area contributed by atoms with E-state index in [0.29, 0.717) is 17.8 Å². The molecule has 0 spiro atoms. The van der Waals surface area contributed by atoms with Crippen LogP contribution in [-0.2, 0) is 17.6 Å². The lowest BCUT2D eigenvalue weighted by molar-refractivity contribution is -0.122. The lowest BCUT2D eigenvalue weighted by atomic mass is 10.0. The first-order valence-corrected chi connectivity index (χ1v) is 12.1. The zero-order valence-corrected chi connectivity index (χ0v) is 19.8. The van der Waals surface area contributed by atoms with Crippen LogP contribution in [0, 0.1) is 13.8 Å². The number of para-hydroxylation sites is 1. The van der Waals surface area contributed by atoms with Gasteiger partial charge in [-0.2, -0.15) is 0 Å². The van der Waals surface area contributed by atoms with Crippen molar-refractivity contribution in [3.63, 3.8) is 0 Å². The van der Waals surface area contributed by atoms with E-state index in [1.807, 2.05) is 41.9 Å². The van der Waals surface area contributed by atoms with E-state index in [0.717, 1.165) is 29.3 Å². The molecule has 0 saturated heterocycles. The summed E-state index contributed by atoms with van der Waals surface area (Å²) in [4.78, 5) is 29.7. The Hall–Kier alpha value is -3.38. The number of thiophene rings is 1. The minimum atomic E-state index is -0.653. The van der Waals surface area contributed by atoms with Crippen LogP contribution in [0.4, 0.5) is 0 Å². The molecule has 0 saturated carbocycles. The summed E-state index contributed by atoms with van der Waals surface area (Å²) in [6.45, 7) is 4.78. The number of benzene rings is 2. The Morgan fingerprint density at radius 1 is 1.03 bits per heavy atom. The van der Waals surface area contributed by atoms with Crippen LogP contribution in [-0.4, -0.2) is 29.4 Å². The fourth-order valence-corrected chi connectivity index (χ4v) is 4.73. The number of carbonyl (C=O) groups is 2. The summed E-state index contributed by atoms with van der Waals surface area (Å²) in [6, 6.07) is 17.4. The highest BCUT2D eigenvalue weighted by atomic mass is 32.1. The van der Waals surface area contributed by atoms with Crippen molar-refractivity contribution < 1.29 is 9.59 Å². The molecule has 0 bridgehead atoms. The summed E-state index contributed by atoms with van der Waals surface area (Å²) >= 11 is 1.37. The van der Waals surface area contributed by atoms with Crippen LogP contribution in [0.5, 0.6) is 0 Å². The van der Waals surface area contributed by atoms with Gasteiger partial charge in [-0.25, -0.2) is 0 Å². The summed E-state index contributed by atoms with van der Waals surface area (Å²) in [7, 11) is 0. The number of fused-ring (bicyclic) bond motifs is 1. The maximum Gasteiger partial charge on any atom is 0.262 e. The number of hydrogen-bond acceptors (Lipinski definition) is 3. The Kier molecular flexibility index (Phi) is 7.25. The number of rotatable bonds is 9. The maximum atomic E-state index is 13.1. The third kappa shape index (κ3) is 5.71.